The third-order valence-corrected chi connectivity index (χ3v) is 11.8. The molecule has 0 radical (unpaired) electrons. The highest BCUT2D eigenvalue weighted by atomic mass is 19.1. The summed E-state index contributed by atoms with van der Waals surface area (Å²) in [5.74, 6) is -0.255. The van der Waals surface area contributed by atoms with Crippen LogP contribution in [-0.4, -0.2) is 131 Å². The molecule has 16 nitrogen and oxygen atoms in total. The second-order valence-corrected chi connectivity index (χ2v) is 16.9. The number of nitrogens with one attached hydrogen (secondary N) is 2. The number of aromatic nitrogens is 4. The van der Waals surface area contributed by atoms with Gasteiger partial charge in [-0.1, -0.05) is 61.2 Å². The van der Waals surface area contributed by atoms with Gasteiger partial charge >= 0.3 is 6.09 Å². The van der Waals surface area contributed by atoms with Gasteiger partial charge in [-0.3, -0.25) is 9.59 Å². The van der Waals surface area contributed by atoms with Crippen LogP contribution in [0.3, 0.4) is 0 Å². The predicted octanol–water partition coefficient (Wildman–Crippen LogP) is 6.03. The van der Waals surface area contributed by atoms with Crippen LogP contribution in [0, 0.1) is 25.6 Å². The van der Waals surface area contributed by atoms with Gasteiger partial charge in [-0.05, 0) is 94.2 Å². The van der Waals surface area contributed by atoms with Crippen molar-refractivity contribution in [2.24, 2.45) is 5.92 Å². The van der Waals surface area contributed by atoms with E-state index in [1.165, 1.54) is 12.1 Å². The smallest absolute Gasteiger partial charge is 0.407 e. The van der Waals surface area contributed by atoms with Crippen molar-refractivity contribution in [1.29, 1.82) is 0 Å². The van der Waals surface area contributed by atoms with Crippen LogP contribution in [0.25, 0.3) is 5.69 Å². The zero-order valence-corrected chi connectivity index (χ0v) is 38.7. The van der Waals surface area contributed by atoms with Gasteiger partial charge in [-0.15, -0.1) is 5.10 Å². The summed E-state index contributed by atoms with van der Waals surface area (Å²) < 4.78 is 39.4. The lowest BCUT2D eigenvalue weighted by Crippen LogP contribution is -2.40. The minimum atomic E-state index is -0.737. The molecule has 1 aliphatic rings. The minimum Gasteiger partial charge on any atom is -0.449 e. The van der Waals surface area contributed by atoms with E-state index >= 15 is 0 Å². The Bertz CT molecular complexity index is 2020. The average molecular weight is 920 g/mol. The summed E-state index contributed by atoms with van der Waals surface area (Å²) in [4.78, 5) is 39.8. The van der Waals surface area contributed by atoms with Crippen molar-refractivity contribution in [2.75, 3.05) is 72.5 Å². The number of piperidine rings is 1. The maximum Gasteiger partial charge on any atom is 0.407 e. The minimum absolute atomic E-state index is 0.0270. The molecule has 0 spiro atoms. The van der Waals surface area contributed by atoms with Gasteiger partial charge in [0.15, 0.2) is 0 Å². The largest absolute Gasteiger partial charge is 0.449 e. The van der Waals surface area contributed by atoms with E-state index in [0.29, 0.717) is 77.8 Å². The second-order valence-electron chi connectivity index (χ2n) is 16.9. The third kappa shape index (κ3) is 17.9. The highest BCUT2D eigenvalue weighted by molar-refractivity contribution is 5.96. The Balaban J connectivity index is 0.777. The van der Waals surface area contributed by atoms with Crippen LogP contribution >= 0.6 is 0 Å². The van der Waals surface area contributed by atoms with Gasteiger partial charge < -0.3 is 49.3 Å². The molecule has 4 N–H and O–H groups in total. The van der Waals surface area contributed by atoms with Crippen LogP contribution in [0.15, 0.2) is 66.9 Å². The van der Waals surface area contributed by atoms with Crippen molar-refractivity contribution in [3.8, 4) is 5.69 Å². The fourth-order valence-corrected chi connectivity index (χ4v) is 8.03. The van der Waals surface area contributed by atoms with Crippen molar-refractivity contribution in [2.45, 2.75) is 103 Å². The number of aliphatic hydroxyl groups is 2. The number of nitrogens with zero attached hydrogens (tertiary/aromatic N) is 5. The maximum atomic E-state index is 13.5. The molecule has 66 heavy (non-hydrogen) atoms. The van der Waals surface area contributed by atoms with Gasteiger partial charge in [0.05, 0.1) is 82.8 Å². The van der Waals surface area contributed by atoms with E-state index in [1.807, 2.05) is 65.9 Å². The fraction of sp³-hybridized carbons (Fsp3) is 0.571. The quantitative estimate of drug-likeness (QED) is 0.0447. The fourth-order valence-electron chi connectivity index (χ4n) is 8.03. The van der Waals surface area contributed by atoms with Crippen molar-refractivity contribution in [1.82, 2.24) is 35.1 Å². The topological polar surface area (TPSA) is 192 Å². The Morgan fingerprint density at radius 1 is 0.864 bits per heavy atom. The summed E-state index contributed by atoms with van der Waals surface area (Å²) in [5.41, 5.74) is 4.90. The van der Waals surface area contributed by atoms with E-state index in [4.69, 9.17) is 18.9 Å². The Morgan fingerprint density at radius 2 is 1.53 bits per heavy atom. The molecule has 17 heteroatoms. The monoisotopic (exact) mass is 920 g/mol. The van der Waals surface area contributed by atoms with Crippen molar-refractivity contribution < 1.29 is 47.9 Å². The molecule has 4 aromatic rings. The lowest BCUT2D eigenvalue weighted by Gasteiger charge is -2.31. The first-order valence-electron chi connectivity index (χ1n) is 23.5. The number of rotatable bonds is 30. The maximum absolute atomic E-state index is 13.5. The number of likely N-dealkylation sites (tertiary alicyclic amines) is 1. The van der Waals surface area contributed by atoms with E-state index in [2.05, 4.69) is 20.9 Å². The number of alkyl carbamates (subject to hydrolysis) is 1. The molecule has 3 amide bonds. The van der Waals surface area contributed by atoms with Crippen LogP contribution < -0.4 is 10.6 Å². The van der Waals surface area contributed by atoms with Gasteiger partial charge in [0, 0.05) is 49.3 Å². The van der Waals surface area contributed by atoms with E-state index in [0.717, 1.165) is 86.1 Å². The molecule has 1 fully saturated rings. The summed E-state index contributed by atoms with van der Waals surface area (Å²) in [6.07, 6.45) is 9.75. The molecule has 2 aromatic carbocycles. The third-order valence-electron chi connectivity index (χ3n) is 11.8. The van der Waals surface area contributed by atoms with E-state index in [1.54, 1.807) is 16.8 Å². The number of aliphatic hydroxyl groups excluding tert-OH is 2. The van der Waals surface area contributed by atoms with Gasteiger partial charge in [-0.2, -0.15) is 0 Å². The molecule has 5 rings (SSSR count). The number of hydrogen-bond acceptors (Lipinski definition) is 11. The van der Waals surface area contributed by atoms with Crippen LogP contribution in [0.1, 0.15) is 103 Å². The SMILES string of the molecule is Cc1cc(C(=O)N2CCC(COC(=O)NCCOCCOCCOCCn3cc(CCCCCCCCC(=O)N[C@@H](CO)C[C@H](O)c4ccccc4)nn3)CC2)c(C)n1-c1ccc(F)cc1. The predicted molar refractivity (Wildman–Crippen MR) is 247 cm³/mol. The lowest BCUT2D eigenvalue weighted by molar-refractivity contribution is -0.122. The molecule has 1 aliphatic heterocycles. The normalized spacial score (nSPS) is 14.0. The Morgan fingerprint density at radius 3 is 2.24 bits per heavy atom. The molecule has 2 aromatic heterocycles. The zero-order chi connectivity index (χ0) is 46.9. The Kier molecular flexibility index (Phi) is 22.6. The molecule has 3 heterocycles. The van der Waals surface area contributed by atoms with Crippen molar-refractivity contribution in [3.05, 3.63) is 101 Å². The number of carbonyl (C=O) groups excluding carboxylic acids is 3. The molecule has 0 unspecified atom stereocenters. The molecule has 1 saturated heterocycles. The van der Waals surface area contributed by atoms with Crippen molar-refractivity contribution in [3.63, 3.8) is 0 Å². The molecule has 0 aliphatic carbocycles. The summed E-state index contributed by atoms with van der Waals surface area (Å²) in [6.45, 7) is 8.50. The number of amides is 3. The summed E-state index contributed by atoms with van der Waals surface area (Å²) >= 11 is 0. The zero-order valence-electron chi connectivity index (χ0n) is 38.7. The number of carbonyl (C=O) groups is 3. The van der Waals surface area contributed by atoms with Crippen molar-refractivity contribution >= 4 is 17.9 Å². The van der Waals surface area contributed by atoms with Crippen LogP contribution in [0.4, 0.5) is 9.18 Å². The summed E-state index contributed by atoms with van der Waals surface area (Å²) in [5, 5.41) is 34.1. The average Bonchev–Trinajstić information content (AvgIpc) is 3.91. The molecular formula is C49H70FN7O9. The van der Waals surface area contributed by atoms with Gasteiger partial charge in [0.2, 0.25) is 5.91 Å². The number of halogens is 1. The second kappa shape index (κ2) is 28.8. The molecule has 0 saturated carbocycles. The van der Waals surface area contributed by atoms with Gasteiger partial charge in [0.1, 0.15) is 5.82 Å². The highest BCUT2D eigenvalue weighted by Gasteiger charge is 2.27. The van der Waals surface area contributed by atoms with Crippen LogP contribution in [0.5, 0.6) is 0 Å². The van der Waals surface area contributed by atoms with Gasteiger partial charge in [0.25, 0.3) is 5.91 Å². The lowest BCUT2D eigenvalue weighted by atomic mass is 9.97. The number of unbranched alkanes of at least 4 members (excludes halogenated alkanes) is 5. The number of hydrogen-bond donors (Lipinski definition) is 4. The van der Waals surface area contributed by atoms with E-state index in [9.17, 15) is 29.0 Å². The Hall–Kier alpha value is -5.20. The summed E-state index contributed by atoms with van der Waals surface area (Å²) in [6, 6.07) is 16.9. The molecule has 0 bridgehead atoms. The van der Waals surface area contributed by atoms with E-state index in [-0.39, 0.29) is 43.2 Å². The van der Waals surface area contributed by atoms with Crippen LogP contribution in [0.2, 0.25) is 0 Å². The Labute approximate surface area is 388 Å². The first-order valence-corrected chi connectivity index (χ1v) is 23.5. The van der Waals surface area contributed by atoms with Crippen LogP contribution in [-0.2, 0) is 36.7 Å². The highest BCUT2D eigenvalue weighted by Crippen LogP contribution is 2.25. The number of ether oxygens (including phenoxy) is 4. The molecule has 2 atom stereocenters. The molecule has 362 valence electrons. The summed E-state index contributed by atoms with van der Waals surface area (Å²) in [7, 11) is 0. The standard InChI is InChI=1S/C49H70FN7O9/c1-37-32-45(38(2)57(37)44-18-16-41(50)17-19-44)48(61)55-23-20-39(21-24-55)36-66-49(62)51-22-26-63-28-30-65-31-29-64-27-25-56-34-42(53-54-56)14-10-5-3-4-6-11-15-47(60)52-43(35-58)33-46(59)40-12-8-7-9-13-40/h7-9,12-13,16-19,32,34,39,43,46,58-59H,3-6,10-11,14-15,20-31,33,35-36H2,1-2H3,(H,51,62)(H,52,60)/t43-,46+/m1/s1. The first kappa shape index (κ1) is 51.8. The number of benzene rings is 2. The van der Waals surface area contributed by atoms with E-state index < -0.39 is 18.2 Å². The first-order chi connectivity index (χ1) is 32.1. The molecular weight excluding hydrogens is 850 g/mol. The number of aryl methyl sites for hydroxylation is 2. The van der Waals surface area contributed by atoms with Gasteiger partial charge in [-0.25, -0.2) is 13.9 Å².